The van der Waals surface area contributed by atoms with E-state index in [9.17, 15) is 4.79 Å². The van der Waals surface area contributed by atoms with Gasteiger partial charge in [0.15, 0.2) is 0 Å². The van der Waals surface area contributed by atoms with Gasteiger partial charge in [0.25, 0.3) is 5.91 Å². The van der Waals surface area contributed by atoms with Crippen LogP contribution in [0.4, 0.5) is 0 Å². The number of amides is 1. The second-order valence-corrected chi connectivity index (χ2v) is 7.56. The minimum Gasteiger partial charge on any atom is -0.336 e. The Bertz CT molecular complexity index is 709. The first kappa shape index (κ1) is 14.0. The highest BCUT2D eigenvalue weighted by Gasteiger charge is 2.34. The van der Waals surface area contributed by atoms with Crippen molar-refractivity contribution in [2.24, 2.45) is 7.05 Å². The molecular weight excluding hydrogens is 294 g/mol. The molecule has 0 saturated carbocycles. The number of fused-ring (bicyclic) bond motifs is 1. The highest BCUT2D eigenvalue weighted by molar-refractivity contribution is 7.14. The van der Waals surface area contributed by atoms with Gasteiger partial charge in [-0.05, 0) is 50.7 Å². The summed E-state index contributed by atoms with van der Waals surface area (Å²) < 4.78 is 2.07. The number of hydrogen-bond acceptors (Lipinski definition) is 3. The summed E-state index contributed by atoms with van der Waals surface area (Å²) in [4.78, 5) is 22.0. The number of carbonyl (C=O) groups is 1. The highest BCUT2D eigenvalue weighted by atomic mass is 32.1. The lowest BCUT2D eigenvalue weighted by Gasteiger charge is -2.23. The zero-order valence-corrected chi connectivity index (χ0v) is 13.9. The molecule has 0 aromatic carbocycles. The number of rotatable bonds is 2. The van der Waals surface area contributed by atoms with E-state index in [0.717, 1.165) is 48.6 Å². The summed E-state index contributed by atoms with van der Waals surface area (Å²) in [6.45, 7) is 2.85. The van der Waals surface area contributed by atoms with E-state index in [0.29, 0.717) is 0 Å². The quantitative estimate of drug-likeness (QED) is 0.853. The monoisotopic (exact) mass is 315 g/mol. The van der Waals surface area contributed by atoms with Crippen molar-refractivity contribution in [2.45, 2.75) is 45.1 Å². The summed E-state index contributed by atoms with van der Waals surface area (Å²) in [7, 11) is 2.02. The molecular formula is C17H21N3OS. The summed E-state index contributed by atoms with van der Waals surface area (Å²) in [5.74, 6) is 1.22. The van der Waals surface area contributed by atoms with E-state index in [-0.39, 0.29) is 11.9 Å². The van der Waals surface area contributed by atoms with Crippen LogP contribution in [0.3, 0.4) is 0 Å². The number of likely N-dealkylation sites (tertiary alicyclic amines) is 1. The van der Waals surface area contributed by atoms with Crippen molar-refractivity contribution in [3.63, 3.8) is 0 Å². The van der Waals surface area contributed by atoms with Gasteiger partial charge in [0.2, 0.25) is 0 Å². The third-order valence-electron chi connectivity index (χ3n) is 4.80. The average Bonchev–Trinajstić information content (AvgIpc) is 3.19. The van der Waals surface area contributed by atoms with Crippen molar-refractivity contribution < 1.29 is 4.79 Å². The van der Waals surface area contributed by atoms with Gasteiger partial charge in [-0.15, -0.1) is 11.3 Å². The Hall–Kier alpha value is -1.62. The van der Waals surface area contributed by atoms with Gasteiger partial charge in [-0.1, -0.05) is 0 Å². The van der Waals surface area contributed by atoms with Crippen molar-refractivity contribution in [1.29, 1.82) is 0 Å². The van der Waals surface area contributed by atoms with Crippen molar-refractivity contribution in [3.8, 4) is 0 Å². The lowest BCUT2D eigenvalue weighted by molar-refractivity contribution is 0.0733. The summed E-state index contributed by atoms with van der Waals surface area (Å²) in [5.41, 5.74) is 2.42. The van der Waals surface area contributed by atoms with E-state index in [1.54, 1.807) is 11.3 Å². The second-order valence-electron chi connectivity index (χ2n) is 6.42. The highest BCUT2D eigenvalue weighted by Crippen LogP contribution is 2.36. The minimum absolute atomic E-state index is 0.128. The van der Waals surface area contributed by atoms with Crippen molar-refractivity contribution >= 4 is 17.2 Å². The molecule has 0 radical (unpaired) electrons. The van der Waals surface area contributed by atoms with E-state index in [1.807, 2.05) is 25.1 Å². The first-order valence-electron chi connectivity index (χ1n) is 8.06. The van der Waals surface area contributed by atoms with Crippen molar-refractivity contribution in [3.05, 3.63) is 39.1 Å². The maximum Gasteiger partial charge on any atom is 0.264 e. The molecule has 0 unspecified atom stereocenters. The Kier molecular flexibility index (Phi) is 3.33. The van der Waals surface area contributed by atoms with Crippen molar-refractivity contribution in [1.82, 2.24) is 14.5 Å². The summed E-state index contributed by atoms with van der Waals surface area (Å²) >= 11 is 1.71. The molecule has 0 bridgehead atoms. The summed E-state index contributed by atoms with van der Waals surface area (Å²) in [5, 5.41) is 0. The number of hydrogen-bond donors (Lipinski definition) is 0. The van der Waals surface area contributed by atoms with Crippen LogP contribution in [0, 0.1) is 6.92 Å². The van der Waals surface area contributed by atoms with Gasteiger partial charge in [0.1, 0.15) is 5.82 Å². The van der Waals surface area contributed by atoms with Crippen LogP contribution in [-0.2, 0) is 19.9 Å². The SMILES string of the molecule is Cc1cn(C)c([C@H]2CCCN2C(=O)c2cc3c(s2)CCC3)n1. The fraction of sp³-hybridized carbons (Fsp3) is 0.529. The summed E-state index contributed by atoms with van der Waals surface area (Å²) in [6.07, 6.45) is 7.65. The number of aromatic nitrogens is 2. The van der Waals surface area contributed by atoms with Crippen molar-refractivity contribution in [2.75, 3.05) is 6.54 Å². The maximum absolute atomic E-state index is 13.0. The molecule has 2 aliphatic rings. The Morgan fingerprint density at radius 3 is 2.95 bits per heavy atom. The van der Waals surface area contributed by atoms with E-state index in [2.05, 4.69) is 15.6 Å². The zero-order valence-electron chi connectivity index (χ0n) is 13.1. The number of imidazole rings is 1. The molecule has 22 heavy (non-hydrogen) atoms. The second kappa shape index (κ2) is 5.23. The molecule has 5 heteroatoms. The molecule has 4 nitrogen and oxygen atoms in total. The molecule has 2 aromatic rings. The van der Waals surface area contributed by atoms with Gasteiger partial charge < -0.3 is 9.47 Å². The first-order chi connectivity index (χ1) is 10.6. The molecule has 1 fully saturated rings. The van der Waals surface area contributed by atoms with Gasteiger partial charge in [0.05, 0.1) is 16.6 Å². The topological polar surface area (TPSA) is 38.1 Å². The number of nitrogens with zero attached hydrogens (tertiary/aromatic N) is 3. The first-order valence-corrected chi connectivity index (χ1v) is 8.87. The predicted molar refractivity (Wildman–Crippen MR) is 87.3 cm³/mol. The normalized spacial score (nSPS) is 20.6. The van der Waals surface area contributed by atoms with Crippen LogP contribution in [0.2, 0.25) is 0 Å². The average molecular weight is 315 g/mol. The Morgan fingerprint density at radius 1 is 1.36 bits per heavy atom. The Labute approximate surface area is 134 Å². The molecule has 0 spiro atoms. The van der Waals surface area contributed by atoms with Crippen LogP contribution < -0.4 is 0 Å². The van der Waals surface area contributed by atoms with Gasteiger partial charge in [-0.2, -0.15) is 0 Å². The standard InChI is InChI=1S/C17H21N3OS/c1-11-10-19(2)16(18-11)13-6-4-8-20(13)17(21)15-9-12-5-3-7-14(12)22-15/h9-10,13H,3-8H2,1-2H3/t13-/m1/s1. The molecule has 1 saturated heterocycles. The number of thiophene rings is 1. The molecule has 1 atom stereocenters. The third-order valence-corrected chi connectivity index (χ3v) is 6.03. The summed E-state index contributed by atoms with van der Waals surface area (Å²) in [6, 6.07) is 2.26. The van der Waals surface area contributed by atoms with Gasteiger partial charge >= 0.3 is 0 Å². The zero-order chi connectivity index (χ0) is 15.3. The van der Waals surface area contributed by atoms with E-state index in [1.165, 1.54) is 16.9 Å². The Balaban J connectivity index is 1.62. The van der Waals surface area contributed by atoms with Crippen LogP contribution in [-0.4, -0.2) is 26.9 Å². The lowest BCUT2D eigenvalue weighted by atomic mass is 10.2. The fourth-order valence-corrected chi connectivity index (χ4v) is 5.01. The number of carbonyl (C=O) groups excluding carboxylic acids is 1. The molecule has 4 rings (SSSR count). The maximum atomic E-state index is 13.0. The van der Waals surface area contributed by atoms with Gasteiger partial charge in [-0.3, -0.25) is 4.79 Å². The molecule has 2 aromatic heterocycles. The fourth-order valence-electron chi connectivity index (χ4n) is 3.80. The van der Waals surface area contributed by atoms with Crippen LogP contribution in [0.1, 0.15) is 56.9 Å². The van der Waals surface area contributed by atoms with Crippen LogP contribution in [0.5, 0.6) is 0 Å². The molecule has 1 amide bonds. The lowest BCUT2D eigenvalue weighted by Crippen LogP contribution is -2.31. The smallest absolute Gasteiger partial charge is 0.264 e. The molecule has 0 N–H and O–H groups in total. The molecule has 116 valence electrons. The minimum atomic E-state index is 0.128. The molecule has 1 aliphatic heterocycles. The number of aryl methyl sites for hydroxylation is 4. The van der Waals surface area contributed by atoms with E-state index in [4.69, 9.17) is 0 Å². The van der Waals surface area contributed by atoms with E-state index < -0.39 is 0 Å². The third kappa shape index (κ3) is 2.19. The van der Waals surface area contributed by atoms with Gasteiger partial charge in [0, 0.05) is 24.7 Å². The molecule has 1 aliphatic carbocycles. The Morgan fingerprint density at radius 2 is 2.23 bits per heavy atom. The van der Waals surface area contributed by atoms with Crippen LogP contribution in [0.25, 0.3) is 0 Å². The largest absolute Gasteiger partial charge is 0.336 e. The van der Waals surface area contributed by atoms with Crippen LogP contribution >= 0.6 is 11.3 Å². The van der Waals surface area contributed by atoms with E-state index >= 15 is 0 Å². The van der Waals surface area contributed by atoms with Gasteiger partial charge in [-0.25, -0.2) is 4.98 Å². The molecule has 3 heterocycles. The van der Waals surface area contributed by atoms with Crippen LogP contribution in [0.15, 0.2) is 12.3 Å². The predicted octanol–water partition coefficient (Wildman–Crippen LogP) is 3.26.